The first kappa shape index (κ1) is 8.17. The zero-order chi connectivity index (χ0) is 22.6. The molecule has 0 spiro atoms. The lowest BCUT2D eigenvalue weighted by Crippen LogP contribution is -2.09. The van der Waals surface area contributed by atoms with Crippen LogP contribution >= 0.6 is 0 Å². The average Bonchev–Trinajstić information content (AvgIpc) is 2.53. The molecule has 0 fully saturated rings. The molecular formula is C21H28. The summed E-state index contributed by atoms with van der Waals surface area (Å²) >= 11 is 0. The van der Waals surface area contributed by atoms with Crippen LogP contribution in [0.5, 0.6) is 0 Å². The Morgan fingerprint density at radius 3 is 2.24 bits per heavy atom. The van der Waals surface area contributed by atoms with Gasteiger partial charge in [-0.3, -0.25) is 0 Å². The molecule has 0 bridgehead atoms. The largest absolute Gasteiger partial charge is 0.0599 e. The molecule has 0 aromatic heterocycles. The van der Waals surface area contributed by atoms with E-state index in [9.17, 15) is 0 Å². The molecule has 0 heterocycles. The Bertz CT molecular complexity index is 912. The summed E-state index contributed by atoms with van der Waals surface area (Å²) in [5, 5.41) is 0. The summed E-state index contributed by atoms with van der Waals surface area (Å²) in [4.78, 5) is 0. The van der Waals surface area contributed by atoms with Crippen molar-refractivity contribution in [3.63, 3.8) is 0 Å². The van der Waals surface area contributed by atoms with Gasteiger partial charge in [0.05, 0.1) is 0 Å². The Labute approximate surface area is 141 Å². The zero-order valence-electron chi connectivity index (χ0n) is 21.4. The number of benzene rings is 2. The van der Waals surface area contributed by atoms with Gasteiger partial charge in [-0.15, -0.1) is 0 Å². The van der Waals surface area contributed by atoms with E-state index in [0.29, 0.717) is 22.3 Å². The summed E-state index contributed by atoms with van der Waals surface area (Å²) in [7, 11) is 0. The van der Waals surface area contributed by atoms with Gasteiger partial charge < -0.3 is 0 Å². The second-order valence-electron chi connectivity index (χ2n) is 6.60. The van der Waals surface area contributed by atoms with E-state index in [1.807, 2.05) is 0 Å². The van der Waals surface area contributed by atoms with Crippen LogP contribution in [0.2, 0.25) is 0 Å². The van der Waals surface area contributed by atoms with Gasteiger partial charge in [0.2, 0.25) is 0 Å². The van der Waals surface area contributed by atoms with Crippen LogP contribution in [0.4, 0.5) is 0 Å². The highest BCUT2D eigenvalue weighted by Gasteiger charge is 2.12. The van der Waals surface area contributed by atoms with Gasteiger partial charge >= 0.3 is 0 Å². The molecule has 0 saturated heterocycles. The minimum absolute atomic E-state index is 0.0165. The van der Waals surface area contributed by atoms with Gasteiger partial charge in [-0.2, -0.15) is 0 Å². The highest BCUT2D eigenvalue weighted by atomic mass is 14.2. The van der Waals surface area contributed by atoms with Gasteiger partial charge in [-0.05, 0) is 78.3 Å². The molecule has 112 valence electrons. The molecule has 2 aromatic carbocycles. The van der Waals surface area contributed by atoms with Crippen LogP contribution in [0, 0.1) is 33.0 Å². The SMILES string of the molecule is [2H]C([2H])([2H])c1cc(C([2H])([2H])C(C)(C)C)ccc1-c1cc(C)c(C)c(C([2H])([2H])[2H])c1. The van der Waals surface area contributed by atoms with Gasteiger partial charge in [0, 0.05) is 11.0 Å². The Morgan fingerprint density at radius 2 is 1.62 bits per heavy atom. The van der Waals surface area contributed by atoms with Gasteiger partial charge in [0.1, 0.15) is 0 Å². The Morgan fingerprint density at radius 1 is 0.952 bits per heavy atom. The predicted octanol–water partition coefficient (Wildman–Crippen LogP) is 6.18. The highest BCUT2D eigenvalue weighted by Crippen LogP contribution is 2.29. The summed E-state index contributed by atoms with van der Waals surface area (Å²) in [5.41, 5.74) is 2.10. The normalized spacial score (nSPS) is 19.3. The molecule has 0 atom stereocenters. The third-order valence-corrected chi connectivity index (χ3v) is 3.52. The number of hydrogen-bond donors (Lipinski definition) is 0. The van der Waals surface area contributed by atoms with Gasteiger partial charge in [0.15, 0.2) is 0 Å². The topological polar surface area (TPSA) is 0 Å². The summed E-state index contributed by atoms with van der Waals surface area (Å²) in [6.07, 6.45) is -1.74. The molecule has 21 heavy (non-hydrogen) atoms. The third-order valence-electron chi connectivity index (χ3n) is 3.52. The molecule has 0 saturated carbocycles. The van der Waals surface area contributed by atoms with E-state index in [4.69, 9.17) is 11.0 Å². The minimum Gasteiger partial charge on any atom is -0.0599 e. The smallest absolute Gasteiger partial charge is 0.0321 e. The molecule has 0 radical (unpaired) electrons. The van der Waals surface area contributed by atoms with E-state index in [-0.39, 0.29) is 11.1 Å². The zero-order valence-corrected chi connectivity index (χ0v) is 13.4. The van der Waals surface area contributed by atoms with Crippen molar-refractivity contribution >= 4 is 0 Å². The first-order chi connectivity index (χ1) is 12.9. The quantitative estimate of drug-likeness (QED) is 0.619. The molecular weight excluding hydrogens is 252 g/mol. The van der Waals surface area contributed by atoms with Crippen molar-refractivity contribution in [3.8, 4) is 11.1 Å². The Hall–Kier alpha value is -1.56. The molecule has 0 unspecified atom stereocenters. The number of hydrogen-bond acceptors (Lipinski definition) is 0. The molecule has 0 aliphatic carbocycles. The third kappa shape index (κ3) is 3.75. The van der Waals surface area contributed by atoms with Gasteiger partial charge in [0.25, 0.3) is 0 Å². The maximum absolute atomic E-state index is 8.48. The van der Waals surface area contributed by atoms with Crippen LogP contribution in [0.15, 0.2) is 30.3 Å². The number of rotatable bonds is 2. The monoisotopic (exact) mass is 288 g/mol. The number of aryl methyl sites for hydroxylation is 3. The highest BCUT2D eigenvalue weighted by molar-refractivity contribution is 5.69. The molecule has 0 heteroatoms. The van der Waals surface area contributed by atoms with Crippen molar-refractivity contribution in [2.24, 2.45) is 5.41 Å². The van der Waals surface area contributed by atoms with Crippen molar-refractivity contribution in [2.45, 2.75) is 54.7 Å². The second kappa shape index (κ2) is 5.67. The maximum atomic E-state index is 8.48. The molecule has 0 nitrogen and oxygen atoms in total. The van der Waals surface area contributed by atoms with Crippen molar-refractivity contribution < 1.29 is 11.0 Å². The standard InChI is InChI=1S/C21H28/c1-14-11-19(12-15(2)17(14)4)20-9-8-18(10-16(20)3)13-21(5,6)7/h8-12H,13H2,1-7H3/i1D3,3D3,13D2. The molecule has 0 aliphatic heterocycles. The second-order valence-corrected chi connectivity index (χ2v) is 6.60. The van der Waals surface area contributed by atoms with Crippen molar-refractivity contribution in [1.29, 1.82) is 0 Å². The fourth-order valence-electron chi connectivity index (χ4n) is 2.32. The average molecular weight is 289 g/mol. The van der Waals surface area contributed by atoms with E-state index >= 15 is 0 Å². The molecule has 2 aromatic rings. The lowest BCUT2D eigenvalue weighted by molar-refractivity contribution is 0.411. The van der Waals surface area contributed by atoms with Crippen molar-refractivity contribution in [3.05, 3.63) is 58.1 Å². The van der Waals surface area contributed by atoms with Crippen LogP contribution in [0.25, 0.3) is 11.1 Å². The van der Waals surface area contributed by atoms with Gasteiger partial charge in [-0.1, -0.05) is 51.1 Å². The first-order valence-electron chi connectivity index (χ1n) is 11.1. The fourth-order valence-corrected chi connectivity index (χ4v) is 2.32. The van der Waals surface area contributed by atoms with E-state index in [1.54, 1.807) is 52.8 Å². The lowest BCUT2D eigenvalue weighted by Gasteiger charge is -2.19. The van der Waals surface area contributed by atoms with E-state index < -0.39 is 25.5 Å². The Balaban J connectivity index is 2.80. The molecule has 0 amide bonds. The van der Waals surface area contributed by atoms with Crippen LogP contribution in [0.1, 0.15) is 59.6 Å². The van der Waals surface area contributed by atoms with E-state index in [1.165, 1.54) is 12.1 Å². The molecule has 0 N–H and O–H groups in total. The molecule has 2 rings (SSSR count). The Kier molecular flexibility index (Phi) is 2.21. The van der Waals surface area contributed by atoms with Crippen molar-refractivity contribution in [1.82, 2.24) is 0 Å². The first-order valence-corrected chi connectivity index (χ1v) is 7.14. The fraction of sp³-hybridized carbons (Fsp3) is 0.429. The lowest BCUT2D eigenvalue weighted by atomic mass is 9.86. The van der Waals surface area contributed by atoms with Crippen LogP contribution < -0.4 is 0 Å². The summed E-state index contributed by atoms with van der Waals surface area (Å²) < 4.78 is 64.4. The maximum Gasteiger partial charge on any atom is 0.0321 e. The summed E-state index contributed by atoms with van der Waals surface area (Å²) in [5.74, 6) is 0. The summed E-state index contributed by atoms with van der Waals surface area (Å²) in [6, 6.07) is 7.90. The van der Waals surface area contributed by atoms with Crippen molar-refractivity contribution in [2.75, 3.05) is 0 Å². The minimum atomic E-state index is -2.47. The van der Waals surface area contributed by atoms with Crippen LogP contribution in [-0.2, 0) is 6.37 Å². The predicted molar refractivity (Wildman–Crippen MR) is 94.0 cm³/mol. The van der Waals surface area contributed by atoms with E-state index in [2.05, 4.69) is 0 Å². The van der Waals surface area contributed by atoms with Crippen LogP contribution in [-0.4, -0.2) is 0 Å². The van der Waals surface area contributed by atoms with Crippen LogP contribution in [0.3, 0.4) is 0 Å². The molecule has 0 aliphatic rings. The summed E-state index contributed by atoms with van der Waals surface area (Å²) in [6.45, 7) is 4.06. The van der Waals surface area contributed by atoms with Gasteiger partial charge in [-0.25, -0.2) is 0 Å². The van der Waals surface area contributed by atoms with E-state index in [0.717, 1.165) is 5.56 Å².